The second kappa shape index (κ2) is 7.36. The van der Waals surface area contributed by atoms with Crippen molar-refractivity contribution in [3.63, 3.8) is 0 Å². The van der Waals surface area contributed by atoms with Crippen molar-refractivity contribution < 1.29 is 9.59 Å². The Morgan fingerprint density at radius 1 is 1.39 bits per heavy atom. The molecule has 2 unspecified atom stereocenters. The van der Waals surface area contributed by atoms with E-state index in [2.05, 4.69) is 5.32 Å². The van der Waals surface area contributed by atoms with Crippen LogP contribution in [0.15, 0.2) is 0 Å². The summed E-state index contributed by atoms with van der Waals surface area (Å²) in [5, 5.41) is 2.78. The van der Waals surface area contributed by atoms with Gasteiger partial charge in [0.15, 0.2) is 0 Å². The maximum atomic E-state index is 12.0. The van der Waals surface area contributed by atoms with Gasteiger partial charge in [0.1, 0.15) is 0 Å². The Morgan fingerprint density at radius 2 is 2.11 bits per heavy atom. The van der Waals surface area contributed by atoms with E-state index in [0.717, 1.165) is 19.4 Å². The molecule has 0 bridgehead atoms. The zero-order valence-corrected chi connectivity index (χ0v) is 11.4. The first kappa shape index (κ1) is 15.0. The van der Waals surface area contributed by atoms with Crippen molar-refractivity contribution in [2.45, 2.75) is 45.6 Å². The van der Waals surface area contributed by atoms with E-state index in [1.54, 1.807) is 0 Å². The van der Waals surface area contributed by atoms with Crippen molar-refractivity contribution >= 4 is 11.8 Å². The van der Waals surface area contributed by atoms with Gasteiger partial charge < -0.3 is 16.0 Å². The lowest BCUT2D eigenvalue weighted by Crippen LogP contribution is -2.35. The molecule has 18 heavy (non-hydrogen) atoms. The zero-order chi connectivity index (χ0) is 13.5. The highest BCUT2D eigenvalue weighted by molar-refractivity contribution is 5.84. The van der Waals surface area contributed by atoms with Crippen molar-refractivity contribution in [2.24, 2.45) is 11.7 Å². The summed E-state index contributed by atoms with van der Waals surface area (Å²) in [6, 6.07) is 0.254. The van der Waals surface area contributed by atoms with Crippen molar-refractivity contribution in [2.75, 3.05) is 19.6 Å². The van der Waals surface area contributed by atoms with Crippen LogP contribution < -0.4 is 11.1 Å². The summed E-state index contributed by atoms with van der Waals surface area (Å²) < 4.78 is 0. The highest BCUT2D eigenvalue weighted by Gasteiger charge is 2.31. The Labute approximate surface area is 109 Å². The van der Waals surface area contributed by atoms with E-state index < -0.39 is 0 Å². The topological polar surface area (TPSA) is 75.4 Å². The summed E-state index contributed by atoms with van der Waals surface area (Å²) in [6.45, 7) is 6.11. The SMILES string of the molecule is CCCNC(=O)CCC(=O)N1CC(CN)CC1C. The van der Waals surface area contributed by atoms with Crippen molar-refractivity contribution in [3.05, 3.63) is 0 Å². The summed E-state index contributed by atoms with van der Waals surface area (Å²) in [7, 11) is 0. The Morgan fingerprint density at radius 3 is 2.67 bits per heavy atom. The van der Waals surface area contributed by atoms with Crippen molar-refractivity contribution in [1.29, 1.82) is 0 Å². The number of amides is 2. The molecule has 0 aromatic rings. The van der Waals surface area contributed by atoms with Crippen LogP contribution in [0.5, 0.6) is 0 Å². The first-order chi connectivity index (χ1) is 8.58. The number of carbonyl (C=O) groups excluding carboxylic acids is 2. The lowest BCUT2D eigenvalue weighted by Gasteiger charge is -2.21. The number of nitrogens with zero attached hydrogens (tertiary/aromatic N) is 1. The van der Waals surface area contributed by atoms with Gasteiger partial charge in [-0.2, -0.15) is 0 Å². The zero-order valence-electron chi connectivity index (χ0n) is 11.4. The molecule has 0 aromatic carbocycles. The lowest BCUT2D eigenvalue weighted by atomic mass is 10.1. The van der Waals surface area contributed by atoms with Gasteiger partial charge in [-0.25, -0.2) is 0 Å². The molecule has 0 aromatic heterocycles. The minimum absolute atomic E-state index is 0.0348. The molecule has 2 atom stereocenters. The third-order valence-electron chi connectivity index (χ3n) is 3.45. The van der Waals surface area contributed by atoms with E-state index in [4.69, 9.17) is 5.73 Å². The van der Waals surface area contributed by atoms with E-state index in [1.165, 1.54) is 0 Å². The third kappa shape index (κ3) is 4.29. The van der Waals surface area contributed by atoms with Gasteiger partial charge in [0, 0.05) is 32.0 Å². The molecule has 5 heteroatoms. The van der Waals surface area contributed by atoms with Gasteiger partial charge in [-0.1, -0.05) is 6.92 Å². The average molecular weight is 255 g/mol. The number of hydrogen-bond acceptors (Lipinski definition) is 3. The Kier molecular flexibility index (Phi) is 6.12. The standard InChI is InChI=1S/C13H25N3O2/c1-3-6-15-12(17)4-5-13(18)16-9-11(8-14)7-10(16)2/h10-11H,3-9,14H2,1-2H3,(H,15,17). The lowest BCUT2D eigenvalue weighted by molar-refractivity contribution is -0.134. The van der Waals surface area contributed by atoms with Gasteiger partial charge in [-0.15, -0.1) is 0 Å². The summed E-state index contributed by atoms with van der Waals surface area (Å²) in [5.41, 5.74) is 5.63. The van der Waals surface area contributed by atoms with E-state index in [-0.39, 0.29) is 24.3 Å². The molecule has 1 heterocycles. The first-order valence-corrected chi connectivity index (χ1v) is 6.84. The monoisotopic (exact) mass is 255 g/mol. The number of carbonyl (C=O) groups is 2. The quantitative estimate of drug-likeness (QED) is 0.725. The predicted molar refractivity (Wildman–Crippen MR) is 70.9 cm³/mol. The molecule has 1 aliphatic rings. The Bertz CT molecular complexity index is 294. The van der Waals surface area contributed by atoms with E-state index >= 15 is 0 Å². The largest absolute Gasteiger partial charge is 0.356 e. The molecule has 5 nitrogen and oxygen atoms in total. The second-order valence-corrected chi connectivity index (χ2v) is 5.08. The molecule has 0 aliphatic carbocycles. The molecule has 104 valence electrons. The van der Waals surface area contributed by atoms with Crippen LogP contribution in [0.2, 0.25) is 0 Å². The molecule has 0 radical (unpaired) electrons. The molecular formula is C13H25N3O2. The predicted octanol–water partition coefficient (Wildman–Crippen LogP) is 0.489. The van der Waals surface area contributed by atoms with Crippen LogP contribution in [-0.4, -0.2) is 42.4 Å². The van der Waals surface area contributed by atoms with Crippen LogP contribution >= 0.6 is 0 Å². The normalized spacial score (nSPS) is 23.2. The minimum Gasteiger partial charge on any atom is -0.356 e. The van der Waals surface area contributed by atoms with Crippen LogP contribution in [0.1, 0.15) is 39.5 Å². The van der Waals surface area contributed by atoms with Gasteiger partial charge in [0.05, 0.1) is 0 Å². The number of likely N-dealkylation sites (tertiary alicyclic amines) is 1. The summed E-state index contributed by atoms with van der Waals surface area (Å²) in [4.78, 5) is 25.3. The van der Waals surface area contributed by atoms with Crippen LogP contribution in [0.25, 0.3) is 0 Å². The highest BCUT2D eigenvalue weighted by atomic mass is 16.2. The van der Waals surface area contributed by atoms with E-state index in [9.17, 15) is 9.59 Å². The van der Waals surface area contributed by atoms with Gasteiger partial charge in [0.25, 0.3) is 0 Å². The molecule has 2 amide bonds. The van der Waals surface area contributed by atoms with Crippen LogP contribution in [-0.2, 0) is 9.59 Å². The molecule has 3 N–H and O–H groups in total. The van der Waals surface area contributed by atoms with E-state index in [1.807, 2.05) is 18.7 Å². The summed E-state index contributed by atoms with van der Waals surface area (Å²) >= 11 is 0. The molecule has 1 aliphatic heterocycles. The van der Waals surface area contributed by atoms with Crippen molar-refractivity contribution in [1.82, 2.24) is 10.2 Å². The Balaban J connectivity index is 2.30. The molecular weight excluding hydrogens is 230 g/mol. The molecule has 1 fully saturated rings. The van der Waals surface area contributed by atoms with Gasteiger partial charge in [-0.05, 0) is 32.2 Å². The second-order valence-electron chi connectivity index (χ2n) is 5.08. The number of rotatable bonds is 6. The van der Waals surface area contributed by atoms with Crippen molar-refractivity contribution in [3.8, 4) is 0 Å². The number of hydrogen-bond donors (Lipinski definition) is 2. The number of nitrogens with one attached hydrogen (secondary N) is 1. The van der Waals surface area contributed by atoms with Gasteiger partial charge >= 0.3 is 0 Å². The molecule has 1 rings (SSSR count). The number of nitrogens with two attached hydrogens (primary N) is 1. The maximum absolute atomic E-state index is 12.0. The smallest absolute Gasteiger partial charge is 0.223 e. The van der Waals surface area contributed by atoms with Crippen LogP contribution in [0, 0.1) is 5.92 Å². The summed E-state index contributed by atoms with van der Waals surface area (Å²) in [6.07, 6.45) is 2.48. The fourth-order valence-corrected chi connectivity index (χ4v) is 2.38. The highest BCUT2D eigenvalue weighted by Crippen LogP contribution is 2.22. The summed E-state index contributed by atoms with van der Waals surface area (Å²) in [5.74, 6) is 0.454. The third-order valence-corrected chi connectivity index (χ3v) is 3.45. The Hall–Kier alpha value is -1.10. The van der Waals surface area contributed by atoms with Gasteiger partial charge in [-0.3, -0.25) is 9.59 Å². The first-order valence-electron chi connectivity index (χ1n) is 6.84. The fourth-order valence-electron chi connectivity index (χ4n) is 2.38. The minimum atomic E-state index is -0.0348. The van der Waals surface area contributed by atoms with Crippen LogP contribution in [0.3, 0.4) is 0 Å². The maximum Gasteiger partial charge on any atom is 0.223 e. The van der Waals surface area contributed by atoms with E-state index in [0.29, 0.717) is 25.4 Å². The average Bonchev–Trinajstić information content (AvgIpc) is 2.74. The molecule has 0 spiro atoms. The van der Waals surface area contributed by atoms with Crippen LogP contribution in [0.4, 0.5) is 0 Å². The molecule has 1 saturated heterocycles. The molecule has 0 saturated carbocycles. The van der Waals surface area contributed by atoms with Gasteiger partial charge in [0.2, 0.25) is 11.8 Å². The fraction of sp³-hybridized carbons (Fsp3) is 0.846.